The van der Waals surface area contributed by atoms with Crippen LogP contribution in [0.15, 0.2) is 53.6 Å². The predicted molar refractivity (Wildman–Crippen MR) is 121 cm³/mol. The minimum Gasteiger partial charge on any atom is -0.376 e. The summed E-state index contributed by atoms with van der Waals surface area (Å²) < 4.78 is 2.00. The molecular weight excluding hydrogens is 431 g/mol. The number of aromatic nitrogens is 1. The van der Waals surface area contributed by atoms with Crippen LogP contribution in [0.2, 0.25) is 15.1 Å². The zero-order valence-corrected chi connectivity index (χ0v) is 18.1. The van der Waals surface area contributed by atoms with Crippen LogP contribution in [0.5, 0.6) is 0 Å². The molecule has 0 unspecified atom stereocenters. The van der Waals surface area contributed by atoms with Gasteiger partial charge < -0.3 is 9.88 Å². The number of aryl methyl sites for hydroxylation is 1. The SMILES string of the molecule is Cc1cc(/C=N\NC(=O)CNc2ccc(Cl)cc2)c(C)n1-c1cccc(Cl)c1Cl. The van der Waals surface area contributed by atoms with Crippen molar-refractivity contribution in [2.24, 2.45) is 5.10 Å². The molecule has 0 saturated carbocycles. The van der Waals surface area contributed by atoms with Crippen LogP contribution in [0.25, 0.3) is 5.69 Å². The largest absolute Gasteiger partial charge is 0.376 e. The van der Waals surface area contributed by atoms with Crippen molar-refractivity contribution in [3.8, 4) is 5.69 Å². The first-order valence-electron chi connectivity index (χ1n) is 8.81. The van der Waals surface area contributed by atoms with E-state index in [1.54, 1.807) is 36.5 Å². The van der Waals surface area contributed by atoms with Crippen LogP contribution in [0.1, 0.15) is 17.0 Å². The second-order valence-electron chi connectivity index (χ2n) is 6.39. The van der Waals surface area contributed by atoms with Gasteiger partial charge in [-0.1, -0.05) is 40.9 Å². The molecule has 0 aliphatic heterocycles. The first-order valence-corrected chi connectivity index (χ1v) is 9.95. The van der Waals surface area contributed by atoms with E-state index in [-0.39, 0.29) is 12.5 Å². The molecule has 3 aromatic rings. The van der Waals surface area contributed by atoms with Gasteiger partial charge in [0.2, 0.25) is 0 Å². The Hall–Kier alpha value is -2.47. The van der Waals surface area contributed by atoms with Gasteiger partial charge in [-0.05, 0) is 56.3 Å². The van der Waals surface area contributed by atoms with E-state index in [0.717, 1.165) is 28.3 Å². The third kappa shape index (κ3) is 5.12. The van der Waals surface area contributed by atoms with E-state index in [4.69, 9.17) is 34.8 Å². The maximum absolute atomic E-state index is 12.0. The lowest BCUT2D eigenvalue weighted by Gasteiger charge is -2.12. The Morgan fingerprint density at radius 1 is 1.10 bits per heavy atom. The second kappa shape index (κ2) is 9.35. The number of rotatable bonds is 6. The number of hydrogen-bond donors (Lipinski definition) is 2. The fourth-order valence-corrected chi connectivity index (χ4v) is 3.42. The number of amides is 1. The van der Waals surface area contributed by atoms with Crippen molar-refractivity contribution in [1.29, 1.82) is 0 Å². The minimum atomic E-state index is -0.261. The Morgan fingerprint density at radius 2 is 1.83 bits per heavy atom. The summed E-state index contributed by atoms with van der Waals surface area (Å²) in [5, 5.41) is 8.68. The number of halogens is 3. The number of anilines is 1. The highest BCUT2D eigenvalue weighted by Gasteiger charge is 2.13. The van der Waals surface area contributed by atoms with Crippen LogP contribution < -0.4 is 10.7 Å². The van der Waals surface area contributed by atoms with Crippen molar-refractivity contribution >= 4 is 52.6 Å². The van der Waals surface area contributed by atoms with Gasteiger partial charge in [-0.3, -0.25) is 4.79 Å². The number of hydrogen-bond acceptors (Lipinski definition) is 3. The molecule has 1 heterocycles. The third-order valence-electron chi connectivity index (χ3n) is 4.33. The van der Waals surface area contributed by atoms with E-state index in [1.807, 2.05) is 36.6 Å². The van der Waals surface area contributed by atoms with Crippen molar-refractivity contribution in [2.75, 3.05) is 11.9 Å². The highest BCUT2D eigenvalue weighted by Crippen LogP contribution is 2.31. The van der Waals surface area contributed by atoms with Gasteiger partial charge in [0.25, 0.3) is 5.91 Å². The van der Waals surface area contributed by atoms with Gasteiger partial charge in [0.1, 0.15) is 0 Å². The number of carbonyl (C=O) groups excluding carboxylic acids is 1. The van der Waals surface area contributed by atoms with Crippen molar-refractivity contribution < 1.29 is 4.79 Å². The molecule has 0 bridgehead atoms. The normalized spacial score (nSPS) is 11.1. The molecule has 0 aliphatic carbocycles. The average Bonchev–Trinajstić information content (AvgIpc) is 2.97. The molecule has 0 fully saturated rings. The fourth-order valence-electron chi connectivity index (χ4n) is 2.92. The number of benzene rings is 2. The van der Waals surface area contributed by atoms with Gasteiger partial charge >= 0.3 is 0 Å². The van der Waals surface area contributed by atoms with Gasteiger partial charge in [-0.25, -0.2) is 5.43 Å². The average molecular weight is 450 g/mol. The number of nitrogens with zero attached hydrogens (tertiary/aromatic N) is 2. The molecule has 1 amide bonds. The number of hydrazone groups is 1. The van der Waals surface area contributed by atoms with E-state index >= 15 is 0 Å². The first kappa shape index (κ1) is 21.2. The molecule has 150 valence electrons. The van der Waals surface area contributed by atoms with E-state index in [9.17, 15) is 4.79 Å². The zero-order valence-electron chi connectivity index (χ0n) is 15.8. The van der Waals surface area contributed by atoms with Crippen molar-refractivity contribution in [1.82, 2.24) is 9.99 Å². The summed E-state index contributed by atoms with van der Waals surface area (Å²) in [7, 11) is 0. The molecule has 0 spiro atoms. The summed E-state index contributed by atoms with van der Waals surface area (Å²) in [4.78, 5) is 12.0. The Balaban J connectivity index is 1.66. The van der Waals surface area contributed by atoms with Gasteiger partial charge in [-0.2, -0.15) is 5.10 Å². The maximum atomic E-state index is 12.0. The Bertz CT molecular complexity index is 1060. The predicted octanol–water partition coefficient (Wildman–Crippen LogP) is 5.62. The fraction of sp³-hybridized carbons (Fsp3) is 0.143. The van der Waals surface area contributed by atoms with Crippen molar-refractivity contribution in [3.05, 3.63) is 80.6 Å². The molecule has 29 heavy (non-hydrogen) atoms. The summed E-state index contributed by atoms with van der Waals surface area (Å²) in [6, 6.07) is 14.6. The summed E-state index contributed by atoms with van der Waals surface area (Å²) in [6.07, 6.45) is 1.61. The van der Waals surface area contributed by atoms with Crippen LogP contribution in [-0.2, 0) is 4.79 Å². The molecule has 2 N–H and O–H groups in total. The summed E-state index contributed by atoms with van der Waals surface area (Å²) in [5.74, 6) is -0.261. The Labute approximate surface area is 184 Å². The van der Waals surface area contributed by atoms with Crippen LogP contribution in [0.4, 0.5) is 5.69 Å². The van der Waals surface area contributed by atoms with E-state index < -0.39 is 0 Å². The van der Waals surface area contributed by atoms with E-state index in [2.05, 4.69) is 15.8 Å². The van der Waals surface area contributed by atoms with Crippen LogP contribution in [0.3, 0.4) is 0 Å². The topological polar surface area (TPSA) is 58.4 Å². The van der Waals surface area contributed by atoms with Crippen LogP contribution in [-0.4, -0.2) is 23.2 Å². The Kier molecular flexibility index (Phi) is 6.85. The van der Waals surface area contributed by atoms with Gasteiger partial charge in [0, 0.05) is 27.7 Å². The number of carbonyl (C=O) groups is 1. The molecule has 0 radical (unpaired) electrons. The first-order chi connectivity index (χ1) is 13.9. The molecule has 0 aliphatic rings. The molecule has 3 rings (SSSR count). The molecule has 0 saturated heterocycles. The van der Waals surface area contributed by atoms with Gasteiger partial charge in [0.15, 0.2) is 0 Å². The quantitative estimate of drug-likeness (QED) is 0.379. The highest BCUT2D eigenvalue weighted by atomic mass is 35.5. The highest BCUT2D eigenvalue weighted by molar-refractivity contribution is 6.43. The summed E-state index contributed by atoms with van der Waals surface area (Å²) >= 11 is 18.3. The van der Waals surface area contributed by atoms with E-state index in [1.165, 1.54) is 0 Å². The lowest BCUT2D eigenvalue weighted by atomic mass is 10.2. The Morgan fingerprint density at radius 3 is 2.55 bits per heavy atom. The van der Waals surface area contributed by atoms with Crippen molar-refractivity contribution in [3.63, 3.8) is 0 Å². The monoisotopic (exact) mass is 448 g/mol. The van der Waals surface area contributed by atoms with Crippen LogP contribution >= 0.6 is 34.8 Å². The van der Waals surface area contributed by atoms with Crippen molar-refractivity contribution in [2.45, 2.75) is 13.8 Å². The second-order valence-corrected chi connectivity index (χ2v) is 7.61. The molecule has 2 aromatic carbocycles. The maximum Gasteiger partial charge on any atom is 0.259 e. The molecular formula is C21H19Cl3N4O. The van der Waals surface area contributed by atoms with Crippen LogP contribution in [0, 0.1) is 13.8 Å². The molecule has 0 atom stereocenters. The summed E-state index contributed by atoms with van der Waals surface area (Å²) in [5.41, 5.74) is 6.89. The summed E-state index contributed by atoms with van der Waals surface area (Å²) in [6.45, 7) is 4.02. The minimum absolute atomic E-state index is 0.0934. The molecule has 1 aromatic heterocycles. The number of nitrogens with one attached hydrogen (secondary N) is 2. The van der Waals surface area contributed by atoms with Gasteiger partial charge in [-0.15, -0.1) is 0 Å². The lowest BCUT2D eigenvalue weighted by molar-refractivity contribution is -0.119. The zero-order chi connectivity index (χ0) is 21.0. The van der Waals surface area contributed by atoms with Gasteiger partial charge in [0.05, 0.1) is 28.5 Å². The van der Waals surface area contributed by atoms with E-state index in [0.29, 0.717) is 15.1 Å². The smallest absolute Gasteiger partial charge is 0.259 e. The third-order valence-corrected chi connectivity index (χ3v) is 5.39. The standard InChI is InChI=1S/C21H19Cl3N4O/c1-13-10-15(14(2)28(13)19-5-3-4-18(23)21(19)24)11-26-27-20(29)12-25-17-8-6-16(22)7-9-17/h3-11,25H,12H2,1-2H3,(H,27,29)/b26-11-. The lowest BCUT2D eigenvalue weighted by Crippen LogP contribution is -2.25. The molecule has 8 heteroatoms. The molecule has 5 nitrogen and oxygen atoms in total.